The summed E-state index contributed by atoms with van der Waals surface area (Å²) < 4.78 is 0. The first-order chi connectivity index (χ1) is 11.0. The molecule has 0 aliphatic heterocycles. The minimum atomic E-state index is -0.155. The van der Waals surface area contributed by atoms with Crippen molar-refractivity contribution in [2.75, 3.05) is 6.61 Å². The Morgan fingerprint density at radius 3 is 2.96 bits per heavy atom. The molecule has 3 N–H and O–H groups in total. The van der Waals surface area contributed by atoms with E-state index in [-0.39, 0.29) is 23.2 Å². The lowest BCUT2D eigenvalue weighted by Crippen LogP contribution is -2.49. The van der Waals surface area contributed by atoms with Crippen molar-refractivity contribution in [1.82, 2.24) is 0 Å². The number of carbonyl (C=O) groups excluding carboxylic acids is 1. The molecule has 0 aromatic rings. The van der Waals surface area contributed by atoms with Gasteiger partial charge in [-0.1, -0.05) is 18.6 Å². The molecule has 3 fully saturated rings. The van der Waals surface area contributed by atoms with Crippen LogP contribution in [-0.4, -0.2) is 23.6 Å². The lowest BCUT2D eigenvalue weighted by atomic mass is 9.51. The van der Waals surface area contributed by atoms with Gasteiger partial charge in [-0.25, -0.2) is 5.90 Å². The number of aliphatic hydroxyl groups excluding tert-OH is 1. The van der Waals surface area contributed by atoms with Crippen molar-refractivity contribution in [3.05, 3.63) is 23.8 Å². The van der Waals surface area contributed by atoms with Crippen molar-refractivity contribution in [3.63, 3.8) is 0 Å². The molecule has 4 aliphatic carbocycles. The molecule has 4 heteroatoms. The van der Waals surface area contributed by atoms with Crippen LogP contribution in [0.1, 0.15) is 39.0 Å². The summed E-state index contributed by atoms with van der Waals surface area (Å²) in [6.45, 7) is 2.77. The van der Waals surface area contributed by atoms with E-state index in [9.17, 15) is 9.90 Å². The molecule has 0 saturated heterocycles. The average Bonchev–Trinajstić information content (AvgIpc) is 2.83. The SMILES string of the molecule is CC12CCC3C4C=CC(=O)C=C4C(CON)CC3C1CCC2O. The summed E-state index contributed by atoms with van der Waals surface area (Å²) in [5.41, 5.74) is 1.30. The van der Waals surface area contributed by atoms with Crippen LogP contribution in [0.15, 0.2) is 23.8 Å². The van der Waals surface area contributed by atoms with E-state index in [2.05, 4.69) is 13.0 Å². The minimum Gasteiger partial charge on any atom is -0.393 e. The number of hydrogen-bond donors (Lipinski definition) is 2. The molecule has 126 valence electrons. The summed E-state index contributed by atoms with van der Waals surface area (Å²) in [6.07, 6.45) is 10.9. The Hall–Kier alpha value is -0.970. The molecule has 3 saturated carbocycles. The van der Waals surface area contributed by atoms with Crippen LogP contribution in [0.2, 0.25) is 0 Å². The fourth-order valence-electron chi connectivity index (χ4n) is 6.22. The van der Waals surface area contributed by atoms with Crippen LogP contribution in [0, 0.1) is 35.0 Å². The number of hydrogen-bond acceptors (Lipinski definition) is 4. The maximum atomic E-state index is 11.8. The van der Waals surface area contributed by atoms with Crippen molar-refractivity contribution in [1.29, 1.82) is 0 Å². The van der Waals surface area contributed by atoms with Gasteiger partial charge in [-0.15, -0.1) is 0 Å². The van der Waals surface area contributed by atoms with Crippen LogP contribution in [0.3, 0.4) is 0 Å². The maximum absolute atomic E-state index is 11.8. The fraction of sp³-hybridized carbons (Fsp3) is 0.737. The monoisotopic (exact) mass is 317 g/mol. The van der Waals surface area contributed by atoms with E-state index >= 15 is 0 Å². The van der Waals surface area contributed by atoms with E-state index in [4.69, 9.17) is 10.7 Å². The molecule has 0 bridgehead atoms. The van der Waals surface area contributed by atoms with Crippen LogP contribution >= 0.6 is 0 Å². The van der Waals surface area contributed by atoms with Crippen LogP contribution in [0.5, 0.6) is 0 Å². The molecule has 7 unspecified atom stereocenters. The number of ketones is 1. The topological polar surface area (TPSA) is 72.5 Å². The molecule has 0 spiro atoms. The second kappa shape index (κ2) is 5.54. The smallest absolute Gasteiger partial charge is 0.178 e. The van der Waals surface area contributed by atoms with Crippen molar-refractivity contribution in [2.24, 2.45) is 40.9 Å². The first-order valence-electron chi connectivity index (χ1n) is 8.98. The van der Waals surface area contributed by atoms with Gasteiger partial charge in [0.15, 0.2) is 5.78 Å². The second-order valence-electron chi connectivity index (χ2n) is 8.27. The highest BCUT2D eigenvalue weighted by atomic mass is 16.6. The van der Waals surface area contributed by atoms with Gasteiger partial charge < -0.3 is 9.94 Å². The van der Waals surface area contributed by atoms with E-state index < -0.39 is 0 Å². The van der Waals surface area contributed by atoms with Gasteiger partial charge in [0, 0.05) is 11.8 Å². The molecular weight excluding hydrogens is 290 g/mol. The minimum absolute atomic E-state index is 0.0741. The van der Waals surface area contributed by atoms with Gasteiger partial charge in [0.1, 0.15) is 0 Å². The molecule has 4 aliphatic rings. The van der Waals surface area contributed by atoms with Crippen molar-refractivity contribution in [3.8, 4) is 0 Å². The number of rotatable bonds is 2. The van der Waals surface area contributed by atoms with Gasteiger partial charge in [-0.05, 0) is 67.4 Å². The highest BCUT2D eigenvalue weighted by molar-refractivity contribution is 6.01. The Morgan fingerprint density at radius 2 is 2.17 bits per heavy atom. The Kier molecular flexibility index (Phi) is 3.74. The lowest BCUT2D eigenvalue weighted by molar-refractivity contribution is -0.111. The van der Waals surface area contributed by atoms with E-state index in [1.165, 1.54) is 5.57 Å². The molecule has 0 aromatic carbocycles. The summed E-state index contributed by atoms with van der Waals surface area (Å²) in [5.74, 6) is 7.84. The number of carbonyl (C=O) groups is 1. The van der Waals surface area contributed by atoms with Crippen molar-refractivity contribution in [2.45, 2.75) is 45.1 Å². The zero-order valence-corrected chi connectivity index (χ0v) is 13.8. The van der Waals surface area contributed by atoms with Gasteiger partial charge in [0.25, 0.3) is 0 Å². The molecular formula is C19H27NO3. The predicted octanol–water partition coefficient (Wildman–Crippen LogP) is 2.38. The van der Waals surface area contributed by atoms with Gasteiger partial charge in [-0.2, -0.15) is 0 Å². The second-order valence-corrected chi connectivity index (χ2v) is 8.27. The number of nitrogens with two attached hydrogens (primary N) is 1. The quantitative estimate of drug-likeness (QED) is 0.767. The van der Waals surface area contributed by atoms with Crippen LogP contribution < -0.4 is 5.90 Å². The molecule has 4 nitrogen and oxygen atoms in total. The Balaban J connectivity index is 1.68. The summed E-state index contributed by atoms with van der Waals surface area (Å²) >= 11 is 0. The van der Waals surface area contributed by atoms with Gasteiger partial charge in [-0.3, -0.25) is 4.79 Å². The van der Waals surface area contributed by atoms with E-state index in [1.54, 1.807) is 6.08 Å². The fourth-order valence-corrected chi connectivity index (χ4v) is 6.22. The first-order valence-corrected chi connectivity index (χ1v) is 8.98. The van der Waals surface area contributed by atoms with Crippen LogP contribution in [-0.2, 0) is 9.63 Å². The van der Waals surface area contributed by atoms with Crippen LogP contribution in [0.25, 0.3) is 0 Å². The molecule has 0 radical (unpaired) electrons. The van der Waals surface area contributed by atoms with Crippen LogP contribution in [0.4, 0.5) is 0 Å². The average molecular weight is 317 g/mol. The van der Waals surface area contributed by atoms with E-state index in [0.717, 1.165) is 32.1 Å². The lowest BCUT2D eigenvalue weighted by Gasteiger charge is -2.54. The third kappa shape index (κ3) is 2.26. The molecule has 0 heterocycles. The largest absolute Gasteiger partial charge is 0.393 e. The number of aliphatic hydroxyl groups is 1. The highest BCUT2D eigenvalue weighted by Crippen LogP contribution is 2.62. The zero-order chi connectivity index (χ0) is 16.2. The summed E-state index contributed by atoms with van der Waals surface area (Å²) in [6, 6.07) is 0. The number of fused-ring (bicyclic) bond motifs is 5. The third-order valence-electron chi connectivity index (χ3n) is 7.39. The van der Waals surface area contributed by atoms with Gasteiger partial charge >= 0.3 is 0 Å². The summed E-state index contributed by atoms with van der Waals surface area (Å²) in [5, 5.41) is 10.5. The molecule has 4 rings (SSSR count). The first kappa shape index (κ1) is 15.6. The standard InChI is InChI=1S/C19H27NO3/c1-19-7-6-14-13-3-2-12(21)9-15(13)11(10-23-20)8-16(14)17(19)4-5-18(19)22/h2-3,9,11,13-14,16-18,22H,4-8,10,20H2,1H3. The highest BCUT2D eigenvalue weighted by Gasteiger charge is 2.56. The summed E-state index contributed by atoms with van der Waals surface area (Å²) in [7, 11) is 0. The van der Waals surface area contributed by atoms with Crippen molar-refractivity contribution < 1.29 is 14.7 Å². The molecule has 7 atom stereocenters. The zero-order valence-electron chi connectivity index (χ0n) is 13.8. The number of allylic oxidation sites excluding steroid dienone is 3. The van der Waals surface area contributed by atoms with Gasteiger partial charge in [0.05, 0.1) is 12.7 Å². The Labute approximate surface area is 137 Å². The van der Waals surface area contributed by atoms with E-state index in [0.29, 0.717) is 30.3 Å². The van der Waals surface area contributed by atoms with Crippen molar-refractivity contribution >= 4 is 5.78 Å². The Bertz CT molecular complexity index is 569. The third-order valence-corrected chi connectivity index (χ3v) is 7.39. The molecule has 0 aromatic heterocycles. The van der Waals surface area contributed by atoms with Gasteiger partial charge in [0.2, 0.25) is 0 Å². The van der Waals surface area contributed by atoms with E-state index in [1.807, 2.05) is 6.08 Å². The Morgan fingerprint density at radius 1 is 1.35 bits per heavy atom. The maximum Gasteiger partial charge on any atom is 0.178 e. The normalized spacial score (nSPS) is 48.5. The summed E-state index contributed by atoms with van der Waals surface area (Å²) in [4.78, 5) is 16.8. The molecule has 0 amide bonds. The molecule has 23 heavy (non-hydrogen) atoms. The predicted molar refractivity (Wildman–Crippen MR) is 87.0 cm³/mol.